The van der Waals surface area contributed by atoms with E-state index in [1.165, 1.54) is 34.8 Å². The molecule has 3 heterocycles. The van der Waals surface area contributed by atoms with E-state index < -0.39 is 0 Å². The zero-order valence-electron chi connectivity index (χ0n) is 14.2. The first-order valence-corrected chi connectivity index (χ1v) is 8.79. The minimum Gasteiger partial charge on any atom is -0.465 e. The molecule has 0 saturated carbocycles. The number of methoxy groups -OCH3 is 1. The van der Waals surface area contributed by atoms with Crippen LogP contribution in [-0.2, 0) is 24.1 Å². The van der Waals surface area contributed by atoms with Crippen LogP contribution in [-0.4, -0.2) is 29.5 Å². The Morgan fingerprint density at radius 2 is 2.04 bits per heavy atom. The van der Waals surface area contributed by atoms with E-state index in [4.69, 9.17) is 4.74 Å². The number of ether oxygens (including phenoxy) is 1. The summed E-state index contributed by atoms with van der Waals surface area (Å²) in [6.45, 7) is 1.95. The third kappa shape index (κ3) is 2.14. The molecule has 0 aliphatic carbocycles. The SMILES string of the molecule is COC(=O)c1cccc2c1C[C@@H]1c3[nH]c4ccccc4c3CCN1C2. The van der Waals surface area contributed by atoms with Crippen LogP contribution >= 0.6 is 0 Å². The summed E-state index contributed by atoms with van der Waals surface area (Å²) in [5.74, 6) is -0.238. The van der Waals surface area contributed by atoms with E-state index in [0.29, 0.717) is 11.6 Å². The van der Waals surface area contributed by atoms with E-state index in [9.17, 15) is 4.79 Å². The summed E-state index contributed by atoms with van der Waals surface area (Å²) in [7, 11) is 1.45. The van der Waals surface area contributed by atoms with E-state index in [1.54, 1.807) is 0 Å². The third-order valence-corrected chi connectivity index (χ3v) is 5.72. The Hall–Kier alpha value is -2.59. The molecule has 0 fully saturated rings. The van der Waals surface area contributed by atoms with Gasteiger partial charge in [0.25, 0.3) is 0 Å². The topological polar surface area (TPSA) is 45.3 Å². The smallest absolute Gasteiger partial charge is 0.338 e. The molecular formula is C21H20N2O2. The van der Waals surface area contributed by atoms with Crippen molar-refractivity contribution < 1.29 is 9.53 Å². The monoisotopic (exact) mass is 332 g/mol. The van der Waals surface area contributed by atoms with E-state index in [1.807, 2.05) is 12.1 Å². The standard InChI is InChI=1S/C21H20N2O2/c1-25-21(24)16-7-4-5-13-12-23-10-9-15-14-6-2-3-8-18(14)22-20(15)19(23)11-17(13)16/h2-8,19,22H,9-12H2,1H3/t19-/m1/s1. The molecule has 0 unspecified atom stereocenters. The number of para-hydroxylation sites is 1. The molecule has 2 aliphatic heterocycles. The molecule has 4 nitrogen and oxygen atoms in total. The molecule has 25 heavy (non-hydrogen) atoms. The van der Waals surface area contributed by atoms with Crippen LogP contribution in [0.1, 0.15) is 38.8 Å². The van der Waals surface area contributed by atoms with Gasteiger partial charge in [-0.2, -0.15) is 0 Å². The summed E-state index contributed by atoms with van der Waals surface area (Å²) in [6, 6.07) is 14.8. The number of nitrogens with one attached hydrogen (secondary N) is 1. The number of hydrogen-bond donors (Lipinski definition) is 1. The molecule has 0 saturated heterocycles. The molecule has 1 aromatic heterocycles. The number of carbonyl (C=O) groups excluding carboxylic acids is 1. The van der Waals surface area contributed by atoms with Crippen molar-refractivity contribution in [1.29, 1.82) is 0 Å². The number of rotatable bonds is 1. The largest absolute Gasteiger partial charge is 0.465 e. The van der Waals surface area contributed by atoms with Crippen molar-refractivity contribution in [3.05, 3.63) is 70.4 Å². The van der Waals surface area contributed by atoms with E-state index in [2.05, 4.69) is 40.2 Å². The predicted octanol–water partition coefficient (Wildman–Crippen LogP) is 3.61. The first kappa shape index (κ1) is 14.7. The van der Waals surface area contributed by atoms with Gasteiger partial charge in [0.2, 0.25) is 0 Å². The van der Waals surface area contributed by atoms with Crippen LogP contribution in [0.4, 0.5) is 0 Å². The second-order valence-electron chi connectivity index (χ2n) is 6.94. The van der Waals surface area contributed by atoms with Gasteiger partial charge in [-0.3, -0.25) is 4.90 Å². The summed E-state index contributed by atoms with van der Waals surface area (Å²) in [6.07, 6.45) is 1.92. The minimum absolute atomic E-state index is 0.238. The average Bonchev–Trinajstić information content (AvgIpc) is 3.04. The van der Waals surface area contributed by atoms with Gasteiger partial charge in [0.05, 0.1) is 18.7 Å². The first-order valence-electron chi connectivity index (χ1n) is 8.79. The predicted molar refractivity (Wildman–Crippen MR) is 96.6 cm³/mol. The fraction of sp³-hybridized carbons (Fsp3) is 0.286. The van der Waals surface area contributed by atoms with Gasteiger partial charge in [-0.15, -0.1) is 0 Å². The maximum Gasteiger partial charge on any atom is 0.338 e. The lowest BCUT2D eigenvalue weighted by molar-refractivity contribution is 0.0596. The van der Waals surface area contributed by atoms with Gasteiger partial charge in [-0.05, 0) is 41.7 Å². The minimum atomic E-state index is -0.238. The maximum absolute atomic E-state index is 12.2. The Bertz CT molecular complexity index is 989. The Kier molecular flexibility index (Phi) is 3.22. The molecule has 1 N–H and O–H groups in total. The maximum atomic E-state index is 12.2. The molecule has 0 bridgehead atoms. The average molecular weight is 332 g/mol. The van der Waals surface area contributed by atoms with Gasteiger partial charge in [-0.1, -0.05) is 30.3 Å². The van der Waals surface area contributed by atoms with Crippen molar-refractivity contribution in [2.45, 2.75) is 25.4 Å². The lowest BCUT2D eigenvalue weighted by Gasteiger charge is -2.40. The van der Waals surface area contributed by atoms with Crippen molar-refractivity contribution in [1.82, 2.24) is 9.88 Å². The number of fused-ring (bicyclic) bond motifs is 6. The number of aromatic nitrogens is 1. The highest BCUT2D eigenvalue weighted by Gasteiger charge is 2.35. The normalized spacial score (nSPS) is 19.2. The van der Waals surface area contributed by atoms with Crippen LogP contribution in [0.3, 0.4) is 0 Å². The number of carbonyl (C=O) groups is 1. The molecule has 0 spiro atoms. The second kappa shape index (κ2) is 5.46. The Morgan fingerprint density at radius 1 is 1.16 bits per heavy atom. The van der Waals surface area contributed by atoms with Gasteiger partial charge in [0, 0.05) is 29.7 Å². The number of hydrogen-bond acceptors (Lipinski definition) is 3. The van der Waals surface area contributed by atoms with E-state index in [-0.39, 0.29) is 5.97 Å². The number of benzene rings is 2. The number of aromatic amines is 1. The van der Waals surface area contributed by atoms with Gasteiger partial charge in [-0.25, -0.2) is 4.79 Å². The molecule has 126 valence electrons. The van der Waals surface area contributed by atoms with E-state index >= 15 is 0 Å². The molecule has 1 atom stereocenters. The third-order valence-electron chi connectivity index (χ3n) is 5.72. The highest BCUT2D eigenvalue weighted by Crippen LogP contribution is 2.41. The van der Waals surface area contributed by atoms with Crippen LogP contribution < -0.4 is 0 Å². The lowest BCUT2D eigenvalue weighted by atomic mass is 9.85. The second-order valence-corrected chi connectivity index (χ2v) is 6.94. The highest BCUT2D eigenvalue weighted by atomic mass is 16.5. The number of nitrogens with zero attached hydrogens (tertiary/aromatic N) is 1. The van der Waals surface area contributed by atoms with Crippen molar-refractivity contribution in [2.75, 3.05) is 13.7 Å². The molecule has 2 aliphatic rings. The summed E-state index contributed by atoms with van der Waals surface area (Å²) in [5, 5.41) is 1.34. The van der Waals surface area contributed by atoms with Crippen molar-refractivity contribution >= 4 is 16.9 Å². The fourth-order valence-electron chi connectivity index (χ4n) is 4.53. The molecule has 5 rings (SSSR count). The zero-order chi connectivity index (χ0) is 17.0. The van der Waals surface area contributed by atoms with Crippen LogP contribution in [0, 0.1) is 0 Å². The quantitative estimate of drug-likeness (QED) is 0.693. The van der Waals surface area contributed by atoms with Crippen LogP contribution in [0.5, 0.6) is 0 Å². The zero-order valence-corrected chi connectivity index (χ0v) is 14.2. The van der Waals surface area contributed by atoms with Crippen molar-refractivity contribution in [3.63, 3.8) is 0 Å². The van der Waals surface area contributed by atoms with Crippen LogP contribution in [0.15, 0.2) is 42.5 Å². The molecule has 0 radical (unpaired) electrons. The summed E-state index contributed by atoms with van der Waals surface area (Å²) in [5.41, 5.74) is 7.07. The lowest BCUT2D eigenvalue weighted by Crippen LogP contribution is -2.39. The fourth-order valence-corrected chi connectivity index (χ4v) is 4.53. The van der Waals surface area contributed by atoms with Gasteiger partial charge >= 0.3 is 5.97 Å². The highest BCUT2D eigenvalue weighted by molar-refractivity contribution is 5.91. The van der Waals surface area contributed by atoms with Crippen LogP contribution in [0.2, 0.25) is 0 Å². The van der Waals surface area contributed by atoms with Crippen molar-refractivity contribution in [2.24, 2.45) is 0 Å². The Morgan fingerprint density at radius 3 is 2.92 bits per heavy atom. The molecule has 0 amide bonds. The summed E-state index contributed by atoms with van der Waals surface area (Å²) in [4.78, 5) is 18.4. The molecule has 3 aromatic rings. The Labute approximate surface area is 146 Å². The van der Waals surface area contributed by atoms with Gasteiger partial charge < -0.3 is 9.72 Å². The van der Waals surface area contributed by atoms with E-state index in [0.717, 1.165) is 31.5 Å². The number of esters is 1. The van der Waals surface area contributed by atoms with Gasteiger partial charge in [0.15, 0.2) is 0 Å². The summed E-state index contributed by atoms with van der Waals surface area (Å²) >= 11 is 0. The van der Waals surface area contributed by atoms with Gasteiger partial charge in [0.1, 0.15) is 0 Å². The Balaban J connectivity index is 1.63. The van der Waals surface area contributed by atoms with Crippen LogP contribution in [0.25, 0.3) is 10.9 Å². The number of H-pyrrole nitrogens is 1. The molecule has 4 heteroatoms. The molecular weight excluding hydrogens is 312 g/mol. The summed E-state index contributed by atoms with van der Waals surface area (Å²) < 4.78 is 5.00. The first-order chi connectivity index (χ1) is 12.3. The van der Waals surface area contributed by atoms with Crippen molar-refractivity contribution in [3.8, 4) is 0 Å². The molecule has 2 aromatic carbocycles.